The van der Waals surface area contributed by atoms with E-state index < -0.39 is 47.7 Å². The second-order valence-corrected chi connectivity index (χ2v) is 20.6. The molecule has 1 unspecified atom stereocenters. The lowest BCUT2D eigenvalue weighted by Gasteiger charge is -2.49. The van der Waals surface area contributed by atoms with Crippen molar-refractivity contribution in [3.05, 3.63) is 254 Å². The number of thioether (sulfide) groups is 2. The van der Waals surface area contributed by atoms with E-state index in [0.29, 0.717) is 16.1 Å². The summed E-state index contributed by atoms with van der Waals surface area (Å²) in [5.41, 5.74) is 3.47. The van der Waals surface area contributed by atoms with Crippen molar-refractivity contribution in [2.75, 3.05) is 17.9 Å². The fourth-order valence-corrected chi connectivity index (χ4v) is 12.8. The maximum Gasteiger partial charge on any atom is 0.356 e. The minimum atomic E-state index is -1.32. The van der Waals surface area contributed by atoms with Gasteiger partial charge in [0.2, 0.25) is 0 Å². The number of hydrogen-bond acceptors (Lipinski definition) is 13. The van der Waals surface area contributed by atoms with E-state index in [1.165, 1.54) is 51.1 Å². The lowest BCUT2D eigenvalue weighted by atomic mass is 9.77. The maximum absolute atomic E-state index is 14.7. The molecule has 6 aromatic carbocycles. The van der Waals surface area contributed by atoms with Crippen molar-refractivity contribution in [1.29, 1.82) is 0 Å². The summed E-state index contributed by atoms with van der Waals surface area (Å²) in [5.74, 6) is -1.89. The van der Waals surface area contributed by atoms with Gasteiger partial charge in [0.05, 0.1) is 4.21 Å². The Morgan fingerprint density at radius 1 is 0.806 bits per heavy atom. The highest BCUT2D eigenvalue weighted by Crippen LogP contribution is 2.44. The van der Waals surface area contributed by atoms with Crippen LogP contribution >= 0.6 is 46.2 Å². The van der Waals surface area contributed by atoms with Crippen LogP contribution in [-0.4, -0.2) is 57.4 Å². The Hall–Kier alpha value is -7.63. The fourth-order valence-electron chi connectivity index (χ4n) is 8.71. The van der Waals surface area contributed by atoms with Gasteiger partial charge in [-0.15, -0.1) is 34.4 Å². The Kier molecular flexibility index (Phi) is 14.5. The lowest BCUT2D eigenvalue weighted by molar-refractivity contribution is -0.154. The molecule has 10 rings (SSSR count). The van der Waals surface area contributed by atoms with Gasteiger partial charge in [-0.1, -0.05) is 181 Å². The first-order valence-corrected chi connectivity index (χ1v) is 26.3. The Labute approximate surface area is 430 Å². The lowest BCUT2D eigenvalue weighted by Crippen LogP contribution is -2.71. The summed E-state index contributed by atoms with van der Waals surface area (Å²) in [4.78, 5) is 67.4. The smallest absolute Gasteiger partial charge is 0.356 e. The van der Waals surface area contributed by atoms with Crippen LogP contribution in [0.2, 0.25) is 0 Å². The molecule has 1 saturated heterocycles. The van der Waals surface area contributed by atoms with Crippen LogP contribution in [0.1, 0.15) is 39.6 Å². The molecular formula is C56H42FN5O6S4. The molecule has 11 nitrogen and oxygen atoms in total. The molecular weight excluding hydrogens is 986 g/mol. The molecule has 16 heteroatoms. The Morgan fingerprint density at radius 3 is 1.97 bits per heavy atom. The summed E-state index contributed by atoms with van der Waals surface area (Å²) in [6.07, 6.45) is 0.942. The van der Waals surface area contributed by atoms with E-state index in [1.54, 1.807) is 29.0 Å². The quantitative estimate of drug-likeness (QED) is 0.0226. The number of halogens is 1. The number of fused-ring (bicyclic) bond motifs is 2. The molecule has 8 aromatic rings. The number of ether oxygens (including phenoxy) is 1. The molecule has 2 N–H and O–H groups in total. The number of anilines is 1. The monoisotopic (exact) mass is 1030 g/mol. The van der Waals surface area contributed by atoms with Gasteiger partial charge >= 0.3 is 5.97 Å². The first kappa shape index (κ1) is 48.0. The minimum Gasteiger partial charge on any atom is -0.448 e. The first-order chi connectivity index (χ1) is 35.3. The standard InChI is InChI=1S/C56H42FN5O6S4/c57-35-67-61-47(43-34-71-55(58-43)60-56(39-22-10-3-11-23-39,40-24-12-4-13-25-40)41-26-14-5-15-27-41)51(64)59-48-52(65)62-49(54(66)68-50(36-18-6-1-7-19-36)37-20-8-2-9-21-37)38(33-70-53(48)62)30-31-69-46-32-44(63)42-28-16-17-29-45(42)72-46/h1-32,34,48,50,53H,33,35H2,(H,58,60)(H,59,64)/t48?,53-/m1/s1. The average Bonchev–Trinajstić information content (AvgIpc) is 3.89. The van der Waals surface area contributed by atoms with Gasteiger partial charge in [-0.25, -0.2) is 14.2 Å². The van der Waals surface area contributed by atoms with E-state index in [1.807, 2.05) is 170 Å². The summed E-state index contributed by atoms with van der Waals surface area (Å²) in [6.45, 7) is -1.32. The van der Waals surface area contributed by atoms with Crippen molar-refractivity contribution >= 4 is 84.9 Å². The summed E-state index contributed by atoms with van der Waals surface area (Å²) in [7, 11) is 0. The zero-order valence-corrected chi connectivity index (χ0v) is 41.3. The van der Waals surface area contributed by atoms with E-state index in [4.69, 9.17) is 14.6 Å². The highest BCUT2D eigenvalue weighted by atomic mass is 32.2. The number of carbonyl (C=O) groups excluding carboxylic acids is 3. The maximum atomic E-state index is 14.7. The van der Waals surface area contributed by atoms with Crippen LogP contribution in [0.3, 0.4) is 0 Å². The normalized spacial score (nSPS) is 15.8. The number of rotatable bonds is 17. The SMILES string of the molecule is O=C(NC1C(=O)N2C(C(=O)OC(c3ccccc3)c3ccccc3)=C(C=CSc3cc(=O)c4ccccc4s3)CS[C@H]12)C(=NOCF)c1csc(NC(c2ccccc2)(c2ccccc2)c2ccccc2)n1. The molecule has 0 radical (unpaired) electrons. The predicted octanol–water partition coefficient (Wildman–Crippen LogP) is 11.1. The molecule has 2 amide bonds. The molecule has 0 saturated carbocycles. The number of β-lactam (4-membered cyclic amide) rings is 1. The van der Waals surface area contributed by atoms with Crippen LogP contribution in [-0.2, 0) is 29.5 Å². The van der Waals surface area contributed by atoms with Crippen molar-refractivity contribution in [1.82, 2.24) is 15.2 Å². The number of allylic oxidation sites excluding steroid dienone is 1. The van der Waals surface area contributed by atoms with Crippen LogP contribution in [0, 0.1) is 0 Å². The second kappa shape index (κ2) is 21.8. The van der Waals surface area contributed by atoms with Crippen molar-refractivity contribution in [2.45, 2.75) is 27.3 Å². The third-order valence-corrected chi connectivity index (χ3v) is 16.2. The number of carbonyl (C=O) groups is 3. The van der Waals surface area contributed by atoms with Crippen molar-refractivity contribution < 1.29 is 28.3 Å². The van der Waals surface area contributed by atoms with Gasteiger partial charge in [0.1, 0.15) is 28.3 Å². The summed E-state index contributed by atoms with van der Waals surface area (Å²) in [6, 6.07) is 56.3. The van der Waals surface area contributed by atoms with Gasteiger partial charge in [0.25, 0.3) is 18.7 Å². The topological polar surface area (TPSA) is 139 Å². The predicted molar refractivity (Wildman–Crippen MR) is 285 cm³/mol. The molecule has 0 bridgehead atoms. The van der Waals surface area contributed by atoms with Crippen LogP contribution in [0.15, 0.2) is 224 Å². The third-order valence-electron chi connectivity index (χ3n) is 12.1. The summed E-state index contributed by atoms with van der Waals surface area (Å²) in [5, 5.41) is 14.1. The van der Waals surface area contributed by atoms with E-state index in [2.05, 4.69) is 15.8 Å². The van der Waals surface area contributed by atoms with Crippen molar-refractivity contribution in [3.63, 3.8) is 0 Å². The van der Waals surface area contributed by atoms with E-state index in [9.17, 15) is 23.6 Å². The third kappa shape index (κ3) is 9.86. The molecule has 1 fully saturated rings. The molecule has 72 heavy (non-hydrogen) atoms. The minimum absolute atomic E-state index is 0.0262. The zero-order valence-electron chi connectivity index (χ0n) is 38.0. The highest BCUT2D eigenvalue weighted by molar-refractivity contribution is 8.04. The Morgan fingerprint density at radius 2 is 1.38 bits per heavy atom. The molecule has 2 aliphatic rings. The summed E-state index contributed by atoms with van der Waals surface area (Å²) >= 11 is 5.36. The number of benzene rings is 6. The van der Waals surface area contributed by atoms with E-state index in [0.717, 1.165) is 36.7 Å². The van der Waals surface area contributed by atoms with Gasteiger partial charge in [0, 0.05) is 27.3 Å². The van der Waals surface area contributed by atoms with Crippen molar-refractivity contribution in [3.8, 4) is 0 Å². The number of alkyl halides is 1. The number of thiazole rings is 1. The number of hydrogen-bond donors (Lipinski definition) is 2. The van der Waals surface area contributed by atoms with Crippen molar-refractivity contribution in [2.24, 2.45) is 5.16 Å². The number of aromatic nitrogens is 1. The van der Waals surface area contributed by atoms with Gasteiger partial charge in [-0.2, -0.15) is 0 Å². The van der Waals surface area contributed by atoms with E-state index >= 15 is 0 Å². The number of nitrogens with zero attached hydrogens (tertiary/aromatic N) is 3. The number of nitrogens with one attached hydrogen (secondary N) is 2. The van der Waals surface area contributed by atoms with Gasteiger partial charge < -0.3 is 20.2 Å². The molecule has 2 atom stereocenters. The van der Waals surface area contributed by atoms with Crippen LogP contribution in [0.5, 0.6) is 0 Å². The number of amides is 2. The molecule has 0 aliphatic carbocycles. The number of oxime groups is 1. The average molecular weight is 1030 g/mol. The molecule has 0 spiro atoms. The largest absolute Gasteiger partial charge is 0.448 e. The van der Waals surface area contributed by atoms with Gasteiger partial charge in [0.15, 0.2) is 22.4 Å². The molecule has 2 aliphatic heterocycles. The molecule has 4 heterocycles. The van der Waals surface area contributed by atoms with Crippen LogP contribution < -0.4 is 16.1 Å². The first-order valence-electron chi connectivity index (χ1n) is 22.6. The second-order valence-electron chi connectivity index (χ2n) is 16.4. The zero-order chi connectivity index (χ0) is 49.4. The Bertz CT molecular complexity index is 3260. The molecule has 358 valence electrons. The summed E-state index contributed by atoms with van der Waals surface area (Å²) < 4.78 is 21.6. The molecule has 2 aromatic heterocycles. The highest BCUT2D eigenvalue weighted by Gasteiger charge is 2.55. The fraction of sp³-hybridized carbons (Fsp3) is 0.107. The van der Waals surface area contributed by atoms with Gasteiger partial charge in [-0.05, 0) is 57.0 Å². The van der Waals surface area contributed by atoms with Gasteiger partial charge in [-0.3, -0.25) is 19.3 Å². The van der Waals surface area contributed by atoms with E-state index in [-0.39, 0.29) is 28.3 Å². The Balaban J connectivity index is 0.938. The number of esters is 1. The van der Waals surface area contributed by atoms with Crippen LogP contribution in [0.25, 0.3) is 10.1 Å². The van der Waals surface area contributed by atoms with Crippen LogP contribution in [0.4, 0.5) is 9.52 Å².